The molecule has 1 heterocycles. The number of benzene rings is 1. The SMILES string of the molecule is O=C(NC1CC1)C1CCCN(C(=O)c2ccc(OC(F)F)cc2)C1. The van der Waals surface area contributed by atoms with Crippen molar-refractivity contribution in [2.75, 3.05) is 13.1 Å². The maximum absolute atomic E-state index is 12.5. The number of piperidine rings is 1. The van der Waals surface area contributed by atoms with Crippen molar-refractivity contribution in [3.63, 3.8) is 0 Å². The molecule has 2 amide bonds. The van der Waals surface area contributed by atoms with Crippen LogP contribution in [0.2, 0.25) is 0 Å². The molecule has 130 valence electrons. The number of carbonyl (C=O) groups excluding carboxylic acids is 2. The molecule has 0 bridgehead atoms. The van der Waals surface area contributed by atoms with E-state index in [0.717, 1.165) is 25.7 Å². The highest BCUT2D eigenvalue weighted by Crippen LogP contribution is 2.23. The van der Waals surface area contributed by atoms with Gasteiger partial charge < -0.3 is 15.0 Å². The Morgan fingerprint density at radius 2 is 1.88 bits per heavy atom. The quantitative estimate of drug-likeness (QED) is 0.897. The Kier molecular flexibility index (Phi) is 4.97. The van der Waals surface area contributed by atoms with Gasteiger partial charge in [-0.05, 0) is 49.9 Å². The predicted octanol–water partition coefficient (Wildman–Crippen LogP) is 2.42. The van der Waals surface area contributed by atoms with Crippen molar-refractivity contribution >= 4 is 11.8 Å². The van der Waals surface area contributed by atoms with Crippen LogP contribution in [-0.4, -0.2) is 42.5 Å². The van der Waals surface area contributed by atoms with Gasteiger partial charge >= 0.3 is 6.61 Å². The Balaban J connectivity index is 1.60. The summed E-state index contributed by atoms with van der Waals surface area (Å²) in [6.45, 7) is -1.90. The van der Waals surface area contributed by atoms with E-state index >= 15 is 0 Å². The van der Waals surface area contributed by atoms with Crippen molar-refractivity contribution in [3.8, 4) is 5.75 Å². The third-order valence-corrected chi connectivity index (χ3v) is 4.33. The molecule has 2 fully saturated rings. The third kappa shape index (κ3) is 4.21. The Morgan fingerprint density at radius 1 is 1.17 bits per heavy atom. The first-order valence-corrected chi connectivity index (χ1v) is 8.17. The summed E-state index contributed by atoms with van der Waals surface area (Å²) >= 11 is 0. The fourth-order valence-electron chi connectivity index (χ4n) is 2.88. The summed E-state index contributed by atoms with van der Waals surface area (Å²) in [5.41, 5.74) is 0.403. The second-order valence-corrected chi connectivity index (χ2v) is 6.28. The van der Waals surface area contributed by atoms with E-state index in [9.17, 15) is 18.4 Å². The van der Waals surface area contributed by atoms with Crippen LogP contribution in [0.5, 0.6) is 5.75 Å². The monoisotopic (exact) mass is 338 g/mol. The summed E-state index contributed by atoms with van der Waals surface area (Å²) in [6.07, 6.45) is 3.63. The van der Waals surface area contributed by atoms with Gasteiger partial charge in [-0.3, -0.25) is 9.59 Å². The molecule has 7 heteroatoms. The molecule has 1 atom stereocenters. The van der Waals surface area contributed by atoms with E-state index in [0.29, 0.717) is 24.7 Å². The van der Waals surface area contributed by atoms with Gasteiger partial charge in [0.15, 0.2) is 0 Å². The molecule has 5 nitrogen and oxygen atoms in total. The van der Waals surface area contributed by atoms with Gasteiger partial charge in [0, 0.05) is 24.7 Å². The number of hydrogen-bond donors (Lipinski definition) is 1. The topological polar surface area (TPSA) is 58.6 Å². The number of likely N-dealkylation sites (tertiary alicyclic amines) is 1. The Hall–Kier alpha value is -2.18. The van der Waals surface area contributed by atoms with Crippen LogP contribution >= 0.6 is 0 Å². The van der Waals surface area contributed by atoms with Gasteiger partial charge in [-0.25, -0.2) is 0 Å². The molecule has 1 unspecified atom stereocenters. The van der Waals surface area contributed by atoms with Crippen LogP contribution in [0, 0.1) is 5.92 Å². The predicted molar refractivity (Wildman–Crippen MR) is 82.9 cm³/mol. The number of ether oxygens (including phenoxy) is 1. The van der Waals surface area contributed by atoms with E-state index in [4.69, 9.17) is 0 Å². The number of alkyl halides is 2. The van der Waals surface area contributed by atoms with E-state index in [-0.39, 0.29) is 23.5 Å². The molecule has 0 radical (unpaired) electrons. The van der Waals surface area contributed by atoms with Gasteiger partial charge in [-0.2, -0.15) is 8.78 Å². The van der Waals surface area contributed by atoms with Crippen molar-refractivity contribution in [1.82, 2.24) is 10.2 Å². The van der Waals surface area contributed by atoms with Gasteiger partial charge in [-0.15, -0.1) is 0 Å². The van der Waals surface area contributed by atoms with Crippen LogP contribution in [0.15, 0.2) is 24.3 Å². The number of halogens is 2. The lowest BCUT2D eigenvalue weighted by atomic mass is 9.96. The minimum absolute atomic E-state index is 0.0156. The average molecular weight is 338 g/mol. The zero-order chi connectivity index (χ0) is 17.1. The number of amides is 2. The van der Waals surface area contributed by atoms with Gasteiger partial charge in [0.1, 0.15) is 5.75 Å². The highest BCUT2D eigenvalue weighted by Gasteiger charge is 2.32. The van der Waals surface area contributed by atoms with Crippen molar-refractivity contribution < 1.29 is 23.1 Å². The van der Waals surface area contributed by atoms with Crippen molar-refractivity contribution in [1.29, 1.82) is 0 Å². The molecule has 0 aromatic heterocycles. The van der Waals surface area contributed by atoms with Crippen LogP contribution < -0.4 is 10.1 Å². The first-order valence-electron chi connectivity index (χ1n) is 8.17. The maximum atomic E-state index is 12.5. The number of nitrogens with zero attached hydrogens (tertiary/aromatic N) is 1. The van der Waals surface area contributed by atoms with Crippen LogP contribution in [0.1, 0.15) is 36.0 Å². The molecule has 0 spiro atoms. The van der Waals surface area contributed by atoms with Crippen LogP contribution in [0.25, 0.3) is 0 Å². The van der Waals surface area contributed by atoms with Crippen molar-refractivity contribution in [2.24, 2.45) is 5.92 Å². The van der Waals surface area contributed by atoms with Crippen LogP contribution in [0.3, 0.4) is 0 Å². The fourth-order valence-corrected chi connectivity index (χ4v) is 2.88. The third-order valence-electron chi connectivity index (χ3n) is 4.33. The number of hydrogen-bond acceptors (Lipinski definition) is 3. The number of nitrogens with one attached hydrogen (secondary N) is 1. The van der Waals surface area contributed by atoms with Gasteiger partial charge in [0.25, 0.3) is 5.91 Å². The summed E-state index contributed by atoms with van der Waals surface area (Å²) in [5.74, 6) is -0.329. The molecule has 1 N–H and O–H groups in total. The molecule has 2 aliphatic rings. The van der Waals surface area contributed by atoms with E-state index < -0.39 is 6.61 Å². The van der Waals surface area contributed by atoms with Crippen molar-refractivity contribution in [2.45, 2.75) is 38.3 Å². The lowest BCUT2D eigenvalue weighted by Gasteiger charge is -2.32. The molecule has 1 saturated heterocycles. The Labute approximate surface area is 139 Å². The lowest BCUT2D eigenvalue weighted by molar-refractivity contribution is -0.126. The zero-order valence-electron chi connectivity index (χ0n) is 13.2. The highest BCUT2D eigenvalue weighted by molar-refractivity contribution is 5.94. The van der Waals surface area contributed by atoms with Crippen molar-refractivity contribution in [3.05, 3.63) is 29.8 Å². The maximum Gasteiger partial charge on any atom is 0.387 e. The molecule has 1 saturated carbocycles. The molecule has 1 aliphatic heterocycles. The number of carbonyl (C=O) groups is 2. The second-order valence-electron chi connectivity index (χ2n) is 6.28. The fraction of sp³-hybridized carbons (Fsp3) is 0.529. The zero-order valence-corrected chi connectivity index (χ0v) is 13.2. The van der Waals surface area contributed by atoms with E-state index in [1.807, 2.05) is 0 Å². The van der Waals surface area contributed by atoms with Gasteiger partial charge in [-0.1, -0.05) is 0 Å². The molecule has 1 aromatic rings. The normalized spacial score (nSPS) is 20.8. The highest BCUT2D eigenvalue weighted by atomic mass is 19.3. The second kappa shape index (κ2) is 7.15. The van der Waals surface area contributed by atoms with Gasteiger partial charge in [0.05, 0.1) is 5.92 Å². The molecule has 3 rings (SSSR count). The summed E-state index contributed by atoms with van der Waals surface area (Å²) in [4.78, 5) is 26.4. The first-order chi connectivity index (χ1) is 11.5. The lowest BCUT2D eigenvalue weighted by Crippen LogP contribution is -2.45. The Bertz CT molecular complexity index is 602. The van der Waals surface area contributed by atoms with E-state index in [2.05, 4.69) is 10.1 Å². The van der Waals surface area contributed by atoms with E-state index in [1.165, 1.54) is 24.3 Å². The minimum Gasteiger partial charge on any atom is -0.435 e. The number of rotatable bonds is 5. The summed E-state index contributed by atoms with van der Waals surface area (Å²) in [6, 6.07) is 5.94. The summed E-state index contributed by atoms with van der Waals surface area (Å²) in [5, 5.41) is 2.98. The molecular formula is C17H20F2N2O3. The summed E-state index contributed by atoms with van der Waals surface area (Å²) in [7, 11) is 0. The Morgan fingerprint density at radius 3 is 2.50 bits per heavy atom. The average Bonchev–Trinajstić information content (AvgIpc) is 3.38. The smallest absolute Gasteiger partial charge is 0.387 e. The van der Waals surface area contributed by atoms with Crippen LogP contribution in [-0.2, 0) is 4.79 Å². The largest absolute Gasteiger partial charge is 0.435 e. The molecule has 1 aromatic carbocycles. The van der Waals surface area contributed by atoms with Crippen LogP contribution in [0.4, 0.5) is 8.78 Å². The minimum atomic E-state index is -2.89. The summed E-state index contributed by atoms with van der Waals surface area (Å²) < 4.78 is 28.6. The van der Waals surface area contributed by atoms with Gasteiger partial charge in [0.2, 0.25) is 5.91 Å². The van der Waals surface area contributed by atoms with E-state index in [1.54, 1.807) is 4.90 Å². The first kappa shape index (κ1) is 16.7. The molecule has 1 aliphatic carbocycles. The standard InChI is InChI=1S/C17H20F2N2O3/c18-17(19)24-14-7-3-11(4-8-14)16(23)21-9-1-2-12(10-21)15(22)20-13-5-6-13/h3-4,7-8,12-13,17H,1-2,5-6,9-10H2,(H,20,22). The molecule has 24 heavy (non-hydrogen) atoms. The molecular weight excluding hydrogens is 318 g/mol.